The molecule has 2 heterocycles. The normalized spacial score (nSPS) is 12.9. The second kappa shape index (κ2) is 6.34. The molecule has 11 heteroatoms. The number of carboxylic acids is 1. The lowest BCUT2D eigenvalue weighted by atomic mass is 10.2. The van der Waals surface area contributed by atoms with Crippen LogP contribution < -0.4 is 5.32 Å². The average Bonchev–Trinajstić information content (AvgIpc) is 3.04. The van der Waals surface area contributed by atoms with Crippen LogP contribution in [0, 0.1) is 0 Å². The molecule has 130 valence electrons. The fourth-order valence-electron chi connectivity index (χ4n) is 2.05. The van der Waals surface area contributed by atoms with Gasteiger partial charge in [0, 0.05) is 25.5 Å². The van der Waals surface area contributed by atoms with Gasteiger partial charge in [-0.3, -0.25) is 14.2 Å². The molecule has 0 radical (unpaired) electrons. The summed E-state index contributed by atoms with van der Waals surface area (Å²) in [5.74, 6) is -2.04. The van der Waals surface area contributed by atoms with E-state index in [1.807, 2.05) is 0 Å². The molecule has 0 aliphatic carbocycles. The molecular formula is C13H14F3N5O3. The van der Waals surface area contributed by atoms with Gasteiger partial charge in [0.05, 0.1) is 12.1 Å². The number of aromatic carboxylic acids is 1. The van der Waals surface area contributed by atoms with Crippen molar-refractivity contribution in [3.63, 3.8) is 0 Å². The van der Waals surface area contributed by atoms with E-state index >= 15 is 0 Å². The Kier molecular flexibility index (Phi) is 4.62. The van der Waals surface area contributed by atoms with Crippen molar-refractivity contribution in [1.82, 2.24) is 24.9 Å². The van der Waals surface area contributed by atoms with Gasteiger partial charge in [0.2, 0.25) is 0 Å². The van der Waals surface area contributed by atoms with Gasteiger partial charge >= 0.3 is 12.1 Å². The molecule has 8 nitrogen and oxygen atoms in total. The summed E-state index contributed by atoms with van der Waals surface area (Å²) in [5.41, 5.74) is -1.56. The minimum Gasteiger partial charge on any atom is -0.476 e. The van der Waals surface area contributed by atoms with E-state index in [9.17, 15) is 22.8 Å². The summed E-state index contributed by atoms with van der Waals surface area (Å²) in [7, 11) is 1.47. The quantitative estimate of drug-likeness (QED) is 0.846. The third-order valence-corrected chi connectivity index (χ3v) is 3.05. The van der Waals surface area contributed by atoms with Gasteiger partial charge in [-0.15, -0.1) is 0 Å². The zero-order chi connectivity index (χ0) is 18.1. The van der Waals surface area contributed by atoms with Crippen molar-refractivity contribution in [2.75, 3.05) is 0 Å². The molecule has 1 amide bonds. The highest BCUT2D eigenvalue weighted by atomic mass is 19.4. The number of amides is 1. The zero-order valence-corrected chi connectivity index (χ0v) is 12.7. The molecule has 24 heavy (non-hydrogen) atoms. The van der Waals surface area contributed by atoms with Crippen molar-refractivity contribution in [1.29, 1.82) is 0 Å². The first-order valence-corrected chi connectivity index (χ1v) is 6.76. The summed E-state index contributed by atoms with van der Waals surface area (Å²) in [6.45, 7) is 1.55. The smallest absolute Gasteiger partial charge is 0.435 e. The Bertz CT molecular complexity index is 765. The van der Waals surface area contributed by atoms with Crippen LogP contribution in [-0.2, 0) is 19.8 Å². The molecule has 1 atom stereocenters. The van der Waals surface area contributed by atoms with E-state index in [0.717, 1.165) is 16.9 Å². The number of carbonyl (C=O) groups is 2. The monoisotopic (exact) mass is 345 g/mol. The predicted octanol–water partition coefficient (Wildman–Crippen LogP) is 1.15. The first-order chi connectivity index (χ1) is 11.1. The number of hydrogen-bond acceptors (Lipinski definition) is 4. The van der Waals surface area contributed by atoms with E-state index in [1.165, 1.54) is 17.9 Å². The molecule has 1 unspecified atom stereocenters. The number of halogens is 3. The SMILES string of the molecule is CC(Cn1ccc(C(F)(F)F)n1)NC(=O)c1cn(C)nc1C(=O)O. The molecule has 0 saturated heterocycles. The van der Waals surface area contributed by atoms with Crippen LogP contribution in [0.5, 0.6) is 0 Å². The van der Waals surface area contributed by atoms with Crippen molar-refractivity contribution < 1.29 is 27.9 Å². The summed E-state index contributed by atoms with van der Waals surface area (Å²) in [6, 6.07) is 0.249. The molecule has 2 N–H and O–H groups in total. The maximum Gasteiger partial charge on any atom is 0.435 e. The minimum absolute atomic E-state index is 0.00944. The number of aromatic nitrogens is 4. The standard InChI is InChI=1S/C13H14F3N5O3/c1-7(5-21-4-3-9(18-21)13(14,15)16)17-11(22)8-6-20(2)19-10(8)12(23)24/h3-4,6-7H,5H2,1-2H3,(H,17,22)(H,23,24). The third-order valence-electron chi connectivity index (χ3n) is 3.05. The number of carbonyl (C=O) groups excluding carboxylic acids is 1. The average molecular weight is 345 g/mol. The number of aryl methyl sites for hydroxylation is 1. The molecule has 0 spiro atoms. The van der Waals surface area contributed by atoms with Gasteiger partial charge in [-0.2, -0.15) is 23.4 Å². The minimum atomic E-state index is -4.54. The largest absolute Gasteiger partial charge is 0.476 e. The number of carboxylic acid groups (broad SMARTS) is 1. The number of hydrogen-bond donors (Lipinski definition) is 2. The van der Waals surface area contributed by atoms with Crippen molar-refractivity contribution in [2.45, 2.75) is 25.7 Å². The van der Waals surface area contributed by atoms with Crippen molar-refractivity contribution in [3.05, 3.63) is 35.4 Å². The number of nitrogens with zero attached hydrogens (tertiary/aromatic N) is 4. The van der Waals surface area contributed by atoms with Gasteiger partial charge in [-0.05, 0) is 13.0 Å². The topological polar surface area (TPSA) is 102 Å². The van der Waals surface area contributed by atoms with E-state index < -0.39 is 35.5 Å². The highest BCUT2D eigenvalue weighted by Crippen LogP contribution is 2.27. The van der Waals surface area contributed by atoms with Crippen LogP contribution in [-0.4, -0.2) is 42.6 Å². The maximum atomic E-state index is 12.5. The molecule has 2 aromatic heterocycles. The second-order valence-electron chi connectivity index (χ2n) is 5.17. The lowest BCUT2D eigenvalue weighted by Gasteiger charge is -2.13. The van der Waals surface area contributed by atoms with Crippen molar-refractivity contribution in [2.24, 2.45) is 7.05 Å². The number of rotatable bonds is 5. The second-order valence-corrected chi connectivity index (χ2v) is 5.17. The predicted molar refractivity (Wildman–Crippen MR) is 74.3 cm³/mol. The first-order valence-electron chi connectivity index (χ1n) is 6.76. The zero-order valence-electron chi connectivity index (χ0n) is 12.7. The number of nitrogens with one attached hydrogen (secondary N) is 1. The lowest BCUT2D eigenvalue weighted by Crippen LogP contribution is -2.36. The fourth-order valence-corrected chi connectivity index (χ4v) is 2.05. The maximum absolute atomic E-state index is 12.5. The molecule has 0 aliphatic rings. The Morgan fingerprint density at radius 3 is 2.58 bits per heavy atom. The Balaban J connectivity index is 2.04. The van der Waals surface area contributed by atoms with Crippen LogP contribution in [0.3, 0.4) is 0 Å². The summed E-state index contributed by atoms with van der Waals surface area (Å²) in [6.07, 6.45) is -2.14. The summed E-state index contributed by atoms with van der Waals surface area (Å²) < 4.78 is 39.7. The van der Waals surface area contributed by atoms with E-state index in [-0.39, 0.29) is 12.1 Å². The van der Waals surface area contributed by atoms with Crippen LogP contribution in [0.4, 0.5) is 13.2 Å². The lowest BCUT2D eigenvalue weighted by molar-refractivity contribution is -0.141. The Labute approximate surface area is 133 Å². The van der Waals surface area contributed by atoms with Crippen LogP contribution in [0.1, 0.15) is 33.5 Å². The van der Waals surface area contributed by atoms with Crippen LogP contribution in [0.25, 0.3) is 0 Å². The summed E-state index contributed by atoms with van der Waals surface area (Å²) >= 11 is 0. The molecule has 0 aliphatic heterocycles. The molecule has 2 aromatic rings. The highest BCUT2D eigenvalue weighted by molar-refractivity contribution is 6.03. The summed E-state index contributed by atoms with van der Waals surface area (Å²) in [5, 5.41) is 18.6. The number of alkyl halides is 3. The van der Waals surface area contributed by atoms with Crippen LogP contribution in [0.2, 0.25) is 0 Å². The molecule has 0 fully saturated rings. The van der Waals surface area contributed by atoms with Gasteiger partial charge in [-0.1, -0.05) is 0 Å². The first kappa shape index (κ1) is 17.5. The highest BCUT2D eigenvalue weighted by Gasteiger charge is 2.33. The molecule has 0 bridgehead atoms. The molecule has 0 saturated carbocycles. The van der Waals surface area contributed by atoms with Crippen molar-refractivity contribution in [3.8, 4) is 0 Å². The van der Waals surface area contributed by atoms with Gasteiger partial charge in [0.25, 0.3) is 5.91 Å². The Morgan fingerprint density at radius 2 is 2.04 bits per heavy atom. The van der Waals surface area contributed by atoms with Gasteiger partial charge < -0.3 is 10.4 Å². The van der Waals surface area contributed by atoms with E-state index in [0.29, 0.717) is 0 Å². The van der Waals surface area contributed by atoms with Crippen molar-refractivity contribution >= 4 is 11.9 Å². The van der Waals surface area contributed by atoms with E-state index in [4.69, 9.17) is 5.11 Å². The Hall–Kier alpha value is -2.85. The van der Waals surface area contributed by atoms with Crippen LogP contribution in [0.15, 0.2) is 18.5 Å². The van der Waals surface area contributed by atoms with Gasteiger partial charge in [-0.25, -0.2) is 4.79 Å². The molecular weight excluding hydrogens is 331 g/mol. The van der Waals surface area contributed by atoms with Crippen LogP contribution >= 0.6 is 0 Å². The fraction of sp³-hybridized carbons (Fsp3) is 0.385. The third kappa shape index (κ3) is 3.91. The van der Waals surface area contributed by atoms with Gasteiger partial charge in [0.15, 0.2) is 11.4 Å². The van der Waals surface area contributed by atoms with Gasteiger partial charge in [0.1, 0.15) is 0 Å². The van der Waals surface area contributed by atoms with E-state index in [2.05, 4.69) is 15.5 Å². The summed E-state index contributed by atoms with van der Waals surface area (Å²) in [4.78, 5) is 23.1. The van der Waals surface area contributed by atoms with E-state index in [1.54, 1.807) is 6.92 Å². The molecule has 2 rings (SSSR count). The molecule has 0 aromatic carbocycles. The Morgan fingerprint density at radius 1 is 1.38 bits per heavy atom.